The van der Waals surface area contributed by atoms with Gasteiger partial charge in [-0.25, -0.2) is 14.2 Å². The first-order valence-corrected chi connectivity index (χ1v) is 5.81. The number of amides is 1. The van der Waals surface area contributed by atoms with Crippen LogP contribution in [0.15, 0.2) is 36.5 Å². The summed E-state index contributed by atoms with van der Waals surface area (Å²) in [6.07, 6.45) is 1.20. The lowest BCUT2D eigenvalue weighted by Gasteiger charge is -2.05. The molecule has 2 aromatic rings. The van der Waals surface area contributed by atoms with Gasteiger partial charge in [0.1, 0.15) is 11.5 Å². The van der Waals surface area contributed by atoms with E-state index in [0.29, 0.717) is 5.69 Å². The van der Waals surface area contributed by atoms with E-state index in [9.17, 15) is 14.0 Å². The van der Waals surface area contributed by atoms with Crippen molar-refractivity contribution in [2.24, 2.45) is 0 Å². The fourth-order valence-electron chi connectivity index (χ4n) is 1.43. The minimum absolute atomic E-state index is 0.0750. The van der Waals surface area contributed by atoms with Crippen molar-refractivity contribution in [2.75, 3.05) is 5.32 Å². The van der Waals surface area contributed by atoms with Crippen molar-refractivity contribution in [1.82, 2.24) is 4.98 Å². The standard InChI is InChI=1S/C13H8ClFN2O3/c14-9-3-1-7(5-10(9)15)12(18)17-8-2-4-11(13(19)20)16-6-8/h1-6H,(H,17,18)(H,19,20). The van der Waals surface area contributed by atoms with Gasteiger partial charge in [-0.05, 0) is 30.3 Å². The molecular weight excluding hydrogens is 287 g/mol. The van der Waals surface area contributed by atoms with E-state index >= 15 is 0 Å². The third-order valence-corrected chi connectivity index (χ3v) is 2.73. The zero-order valence-corrected chi connectivity index (χ0v) is 10.7. The fourth-order valence-corrected chi connectivity index (χ4v) is 1.55. The van der Waals surface area contributed by atoms with Gasteiger partial charge in [-0.2, -0.15) is 0 Å². The Balaban J connectivity index is 2.14. The minimum atomic E-state index is -1.16. The van der Waals surface area contributed by atoms with E-state index in [-0.39, 0.29) is 16.3 Å². The molecule has 0 radical (unpaired) electrons. The molecule has 0 saturated carbocycles. The number of nitrogens with one attached hydrogen (secondary N) is 1. The molecule has 2 rings (SSSR count). The van der Waals surface area contributed by atoms with Crippen LogP contribution in [-0.4, -0.2) is 22.0 Å². The SMILES string of the molecule is O=C(Nc1ccc(C(=O)O)nc1)c1ccc(Cl)c(F)c1. The summed E-state index contributed by atoms with van der Waals surface area (Å²) in [4.78, 5) is 26.1. The zero-order chi connectivity index (χ0) is 14.7. The number of pyridine rings is 1. The third kappa shape index (κ3) is 3.10. The van der Waals surface area contributed by atoms with Crippen LogP contribution in [0.3, 0.4) is 0 Å². The molecule has 1 aromatic heterocycles. The summed E-state index contributed by atoms with van der Waals surface area (Å²) in [6.45, 7) is 0. The zero-order valence-electron chi connectivity index (χ0n) is 9.93. The number of aromatic carboxylic acids is 1. The molecule has 0 saturated heterocycles. The first kappa shape index (κ1) is 14.0. The third-order valence-electron chi connectivity index (χ3n) is 2.42. The molecule has 0 atom stereocenters. The number of halogens is 2. The van der Waals surface area contributed by atoms with Gasteiger partial charge in [0.2, 0.25) is 0 Å². The highest BCUT2D eigenvalue weighted by molar-refractivity contribution is 6.30. The van der Waals surface area contributed by atoms with E-state index in [1.54, 1.807) is 0 Å². The van der Waals surface area contributed by atoms with Gasteiger partial charge in [-0.1, -0.05) is 11.6 Å². The number of hydrogen-bond acceptors (Lipinski definition) is 3. The van der Waals surface area contributed by atoms with Gasteiger partial charge < -0.3 is 10.4 Å². The molecule has 102 valence electrons. The Hall–Kier alpha value is -2.47. The molecule has 5 nitrogen and oxygen atoms in total. The number of nitrogens with zero attached hydrogens (tertiary/aromatic N) is 1. The van der Waals surface area contributed by atoms with E-state index in [0.717, 1.165) is 6.07 Å². The average Bonchev–Trinajstić information content (AvgIpc) is 2.42. The molecule has 1 amide bonds. The summed E-state index contributed by atoms with van der Waals surface area (Å²) >= 11 is 5.52. The van der Waals surface area contributed by atoms with E-state index in [1.165, 1.54) is 30.5 Å². The minimum Gasteiger partial charge on any atom is -0.477 e. The topological polar surface area (TPSA) is 79.3 Å². The fraction of sp³-hybridized carbons (Fsp3) is 0. The van der Waals surface area contributed by atoms with Gasteiger partial charge in [-0.3, -0.25) is 4.79 Å². The van der Waals surface area contributed by atoms with Crippen LogP contribution in [0.5, 0.6) is 0 Å². The number of aromatic nitrogens is 1. The summed E-state index contributed by atoms with van der Waals surface area (Å²) in [5.74, 6) is -2.41. The van der Waals surface area contributed by atoms with Crippen molar-refractivity contribution in [2.45, 2.75) is 0 Å². The number of carbonyl (C=O) groups is 2. The summed E-state index contributed by atoms with van der Waals surface area (Å²) in [7, 11) is 0. The number of hydrogen-bond donors (Lipinski definition) is 2. The lowest BCUT2D eigenvalue weighted by atomic mass is 10.2. The quantitative estimate of drug-likeness (QED) is 0.912. The van der Waals surface area contributed by atoms with E-state index in [4.69, 9.17) is 16.7 Å². The highest BCUT2D eigenvalue weighted by atomic mass is 35.5. The van der Waals surface area contributed by atoms with Crippen LogP contribution in [-0.2, 0) is 0 Å². The molecule has 2 N–H and O–H groups in total. The maximum atomic E-state index is 13.2. The molecule has 20 heavy (non-hydrogen) atoms. The summed E-state index contributed by atoms with van der Waals surface area (Å²) in [6, 6.07) is 6.30. The second-order valence-electron chi connectivity index (χ2n) is 3.82. The molecule has 0 unspecified atom stereocenters. The molecule has 7 heteroatoms. The molecular formula is C13H8ClFN2O3. The van der Waals surface area contributed by atoms with Gasteiger partial charge in [0, 0.05) is 5.56 Å². The van der Waals surface area contributed by atoms with E-state index < -0.39 is 17.7 Å². The first-order chi connectivity index (χ1) is 9.47. The Morgan fingerprint density at radius 1 is 1.25 bits per heavy atom. The van der Waals surface area contributed by atoms with Crippen LogP contribution in [0.25, 0.3) is 0 Å². The number of carboxylic acid groups (broad SMARTS) is 1. The van der Waals surface area contributed by atoms with Crippen LogP contribution in [0, 0.1) is 5.82 Å². The second-order valence-corrected chi connectivity index (χ2v) is 4.23. The van der Waals surface area contributed by atoms with Crippen molar-refractivity contribution in [3.63, 3.8) is 0 Å². The molecule has 1 heterocycles. The molecule has 0 aliphatic rings. The van der Waals surface area contributed by atoms with Crippen molar-refractivity contribution < 1.29 is 19.1 Å². The molecule has 0 aliphatic heterocycles. The van der Waals surface area contributed by atoms with Crippen LogP contribution < -0.4 is 5.32 Å². The lowest BCUT2D eigenvalue weighted by molar-refractivity contribution is 0.0690. The lowest BCUT2D eigenvalue weighted by Crippen LogP contribution is -2.12. The highest BCUT2D eigenvalue weighted by Gasteiger charge is 2.10. The van der Waals surface area contributed by atoms with Crippen LogP contribution in [0.4, 0.5) is 10.1 Å². The van der Waals surface area contributed by atoms with Crippen molar-refractivity contribution in [3.05, 3.63) is 58.6 Å². The van der Waals surface area contributed by atoms with E-state index in [1.807, 2.05) is 0 Å². The second kappa shape index (κ2) is 5.66. The maximum absolute atomic E-state index is 13.2. The first-order valence-electron chi connectivity index (χ1n) is 5.43. The summed E-state index contributed by atoms with van der Waals surface area (Å²) in [5.41, 5.74) is 0.255. The monoisotopic (exact) mass is 294 g/mol. The molecule has 0 bridgehead atoms. The average molecular weight is 295 g/mol. The number of anilines is 1. The molecule has 0 spiro atoms. The van der Waals surface area contributed by atoms with Gasteiger partial charge in [0.25, 0.3) is 5.91 Å². The Morgan fingerprint density at radius 3 is 2.55 bits per heavy atom. The Labute approximate surface area is 118 Å². The number of benzene rings is 1. The Kier molecular flexibility index (Phi) is 3.95. The van der Waals surface area contributed by atoms with Crippen LogP contribution >= 0.6 is 11.6 Å². The number of rotatable bonds is 3. The smallest absolute Gasteiger partial charge is 0.354 e. The van der Waals surface area contributed by atoms with Crippen molar-refractivity contribution in [3.8, 4) is 0 Å². The maximum Gasteiger partial charge on any atom is 0.354 e. The van der Waals surface area contributed by atoms with Gasteiger partial charge in [-0.15, -0.1) is 0 Å². The van der Waals surface area contributed by atoms with Gasteiger partial charge >= 0.3 is 5.97 Å². The molecule has 0 fully saturated rings. The number of carboxylic acids is 1. The summed E-state index contributed by atoms with van der Waals surface area (Å²) in [5, 5.41) is 11.1. The Morgan fingerprint density at radius 2 is 2.00 bits per heavy atom. The van der Waals surface area contributed by atoms with Crippen molar-refractivity contribution in [1.29, 1.82) is 0 Å². The van der Waals surface area contributed by atoms with Crippen molar-refractivity contribution >= 4 is 29.2 Å². The molecule has 1 aromatic carbocycles. The van der Waals surface area contributed by atoms with Gasteiger partial charge in [0.15, 0.2) is 0 Å². The largest absolute Gasteiger partial charge is 0.477 e. The van der Waals surface area contributed by atoms with Crippen LogP contribution in [0.1, 0.15) is 20.8 Å². The Bertz CT molecular complexity index is 674. The summed E-state index contributed by atoms with van der Waals surface area (Å²) < 4.78 is 13.2. The van der Waals surface area contributed by atoms with Crippen LogP contribution in [0.2, 0.25) is 5.02 Å². The highest BCUT2D eigenvalue weighted by Crippen LogP contribution is 2.16. The normalized spacial score (nSPS) is 10.1. The molecule has 0 aliphatic carbocycles. The number of carbonyl (C=O) groups excluding carboxylic acids is 1. The predicted octanol–water partition coefficient (Wildman–Crippen LogP) is 2.82. The van der Waals surface area contributed by atoms with E-state index in [2.05, 4.69) is 10.3 Å². The van der Waals surface area contributed by atoms with Gasteiger partial charge in [0.05, 0.1) is 16.9 Å². The predicted molar refractivity (Wildman–Crippen MR) is 70.6 cm³/mol.